The molecule has 0 aliphatic carbocycles. The van der Waals surface area contributed by atoms with Gasteiger partial charge < -0.3 is 15.2 Å². The van der Waals surface area contributed by atoms with E-state index in [9.17, 15) is 5.11 Å². The van der Waals surface area contributed by atoms with Gasteiger partial charge in [0.1, 0.15) is 5.75 Å². The first-order valence-electron chi connectivity index (χ1n) is 5.14. The van der Waals surface area contributed by atoms with Gasteiger partial charge >= 0.3 is 0 Å². The van der Waals surface area contributed by atoms with Gasteiger partial charge in [0.05, 0.1) is 13.2 Å². The summed E-state index contributed by atoms with van der Waals surface area (Å²) in [6.07, 6.45) is -0.538. The van der Waals surface area contributed by atoms with E-state index in [-0.39, 0.29) is 0 Å². The summed E-state index contributed by atoms with van der Waals surface area (Å²) < 4.78 is 6.49. The summed E-state index contributed by atoms with van der Waals surface area (Å²) in [5.74, 6) is 0.748. The number of hydrogen-bond donors (Lipinski definition) is 2. The molecule has 0 amide bonds. The van der Waals surface area contributed by atoms with Crippen LogP contribution in [0.15, 0.2) is 23.6 Å². The van der Waals surface area contributed by atoms with Crippen molar-refractivity contribution in [1.82, 2.24) is 5.32 Å². The molecule has 2 N–H and O–H groups in total. The SMILES string of the molecule is CNCC(O)c1cc2ccsc2cc1OC. The van der Waals surface area contributed by atoms with Gasteiger partial charge in [-0.3, -0.25) is 0 Å². The van der Waals surface area contributed by atoms with Crippen molar-refractivity contribution in [3.8, 4) is 5.75 Å². The highest BCUT2D eigenvalue weighted by molar-refractivity contribution is 7.17. The molecule has 2 aromatic rings. The second kappa shape index (κ2) is 4.82. The molecule has 1 unspecified atom stereocenters. The number of aliphatic hydroxyl groups excluding tert-OH is 1. The lowest BCUT2D eigenvalue weighted by Gasteiger charge is -2.14. The molecule has 0 radical (unpaired) electrons. The number of rotatable bonds is 4. The van der Waals surface area contributed by atoms with Crippen LogP contribution in [0.4, 0.5) is 0 Å². The van der Waals surface area contributed by atoms with Crippen LogP contribution >= 0.6 is 11.3 Å². The second-order valence-electron chi connectivity index (χ2n) is 3.63. The van der Waals surface area contributed by atoms with E-state index in [0.29, 0.717) is 6.54 Å². The Morgan fingerprint density at radius 1 is 1.50 bits per heavy atom. The third-order valence-electron chi connectivity index (χ3n) is 2.56. The summed E-state index contributed by atoms with van der Waals surface area (Å²) in [6, 6.07) is 6.02. The molecule has 1 aromatic heterocycles. The van der Waals surface area contributed by atoms with Gasteiger partial charge in [-0.15, -0.1) is 11.3 Å². The van der Waals surface area contributed by atoms with Crippen molar-refractivity contribution in [2.45, 2.75) is 6.10 Å². The van der Waals surface area contributed by atoms with Gasteiger partial charge in [0.2, 0.25) is 0 Å². The van der Waals surface area contributed by atoms with Gasteiger partial charge in [-0.2, -0.15) is 0 Å². The number of likely N-dealkylation sites (N-methyl/N-ethyl adjacent to an activating group) is 1. The van der Waals surface area contributed by atoms with Gasteiger partial charge in [0.15, 0.2) is 0 Å². The zero-order chi connectivity index (χ0) is 11.5. The third-order valence-corrected chi connectivity index (χ3v) is 3.44. The van der Waals surface area contributed by atoms with Crippen molar-refractivity contribution in [2.75, 3.05) is 20.7 Å². The molecule has 3 nitrogen and oxygen atoms in total. The van der Waals surface area contributed by atoms with Crippen molar-refractivity contribution in [1.29, 1.82) is 0 Å². The van der Waals surface area contributed by atoms with Crippen LogP contribution in [0.25, 0.3) is 10.1 Å². The Kier molecular flexibility index (Phi) is 3.43. The Bertz CT molecular complexity index is 481. The van der Waals surface area contributed by atoms with E-state index >= 15 is 0 Å². The molecule has 0 spiro atoms. The van der Waals surface area contributed by atoms with Crippen molar-refractivity contribution >= 4 is 21.4 Å². The monoisotopic (exact) mass is 237 g/mol. The normalized spacial score (nSPS) is 12.9. The summed E-state index contributed by atoms with van der Waals surface area (Å²) >= 11 is 1.67. The molecule has 2 rings (SSSR count). The molecular weight excluding hydrogens is 222 g/mol. The van der Waals surface area contributed by atoms with Crippen molar-refractivity contribution < 1.29 is 9.84 Å². The third kappa shape index (κ3) is 2.04. The highest BCUT2D eigenvalue weighted by Gasteiger charge is 2.14. The molecule has 4 heteroatoms. The van der Waals surface area contributed by atoms with Crippen LogP contribution < -0.4 is 10.1 Å². The minimum absolute atomic E-state index is 0.520. The smallest absolute Gasteiger partial charge is 0.126 e. The lowest BCUT2D eigenvalue weighted by atomic mass is 10.1. The van der Waals surface area contributed by atoms with Gasteiger partial charge in [0.25, 0.3) is 0 Å². The van der Waals surface area contributed by atoms with Gasteiger partial charge in [-0.25, -0.2) is 0 Å². The molecule has 1 aromatic carbocycles. The largest absolute Gasteiger partial charge is 0.496 e. The molecule has 0 saturated carbocycles. The highest BCUT2D eigenvalue weighted by atomic mass is 32.1. The molecule has 0 fully saturated rings. The summed E-state index contributed by atoms with van der Waals surface area (Å²) in [4.78, 5) is 0. The van der Waals surface area contributed by atoms with E-state index in [0.717, 1.165) is 16.7 Å². The van der Waals surface area contributed by atoms with Gasteiger partial charge in [-0.05, 0) is 36.0 Å². The topological polar surface area (TPSA) is 41.5 Å². The Morgan fingerprint density at radius 3 is 3.00 bits per heavy atom. The van der Waals surface area contributed by atoms with Crippen LogP contribution in [0.1, 0.15) is 11.7 Å². The quantitative estimate of drug-likeness (QED) is 0.856. The molecule has 86 valence electrons. The summed E-state index contributed by atoms with van der Waals surface area (Å²) in [7, 11) is 3.45. The number of fused-ring (bicyclic) bond motifs is 1. The Balaban J connectivity index is 2.48. The number of aliphatic hydroxyl groups is 1. The Labute approximate surface area is 98.7 Å². The highest BCUT2D eigenvalue weighted by Crippen LogP contribution is 2.32. The second-order valence-corrected chi connectivity index (χ2v) is 4.57. The minimum atomic E-state index is -0.538. The fourth-order valence-electron chi connectivity index (χ4n) is 1.75. The van der Waals surface area contributed by atoms with Crippen LogP contribution in [0.3, 0.4) is 0 Å². The number of thiophene rings is 1. The predicted molar refractivity (Wildman–Crippen MR) is 67.3 cm³/mol. The lowest BCUT2D eigenvalue weighted by Crippen LogP contribution is -2.17. The van der Waals surface area contributed by atoms with Crippen LogP contribution in [0.5, 0.6) is 5.75 Å². The average molecular weight is 237 g/mol. The van der Waals surface area contributed by atoms with E-state index in [1.54, 1.807) is 18.4 Å². The first-order chi connectivity index (χ1) is 7.76. The lowest BCUT2D eigenvalue weighted by molar-refractivity contribution is 0.173. The summed E-state index contributed by atoms with van der Waals surface area (Å²) in [6.45, 7) is 0.520. The van der Waals surface area contributed by atoms with Crippen molar-refractivity contribution in [3.63, 3.8) is 0 Å². The van der Waals surface area contributed by atoms with Crippen molar-refractivity contribution in [3.05, 3.63) is 29.1 Å². The Hall–Kier alpha value is -1.10. The zero-order valence-corrected chi connectivity index (χ0v) is 10.2. The number of hydrogen-bond acceptors (Lipinski definition) is 4. The maximum atomic E-state index is 9.99. The van der Waals surface area contributed by atoms with Crippen LogP contribution in [-0.4, -0.2) is 25.8 Å². The van der Waals surface area contributed by atoms with E-state index < -0.39 is 6.10 Å². The maximum absolute atomic E-state index is 9.99. The molecule has 16 heavy (non-hydrogen) atoms. The van der Waals surface area contributed by atoms with Gasteiger partial charge in [0, 0.05) is 16.8 Å². The molecule has 0 aliphatic heterocycles. The van der Waals surface area contributed by atoms with Crippen LogP contribution in [0.2, 0.25) is 0 Å². The van der Waals surface area contributed by atoms with E-state index in [4.69, 9.17) is 4.74 Å². The van der Waals surface area contributed by atoms with Crippen LogP contribution in [-0.2, 0) is 0 Å². The van der Waals surface area contributed by atoms with E-state index in [2.05, 4.69) is 11.4 Å². The fourth-order valence-corrected chi connectivity index (χ4v) is 2.55. The first-order valence-corrected chi connectivity index (χ1v) is 6.02. The molecule has 1 heterocycles. The van der Waals surface area contributed by atoms with E-state index in [1.807, 2.05) is 24.6 Å². The Morgan fingerprint density at radius 2 is 2.31 bits per heavy atom. The number of ether oxygens (including phenoxy) is 1. The molecule has 0 bridgehead atoms. The fraction of sp³-hybridized carbons (Fsp3) is 0.333. The molecular formula is C12H15NO2S. The molecule has 1 atom stereocenters. The van der Waals surface area contributed by atoms with E-state index in [1.165, 1.54) is 4.70 Å². The standard InChI is InChI=1S/C12H15NO2S/c1-13-7-10(14)9-5-8-3-4-16-12(8)6-11(9)15-2/h3-6,10,13-14H,7H2,1-2H3. The summed E-state index contributed by atoms with van der Waals surface area (Å²) in [5.41, 5.74) is 0.836. The number of benzene rings is 1. The number of nitrogens with one attached hydrogen (secondary N) is 1. The zero-order valence-electron chi connectivity index (χ0n) is 9.36. The molecule has 0 saturated heterocycles. The molecule has 0 aliphatic rings. The van der Waals surface area contributed by atoms with Crippen molar-refractivity contribution in [2.24, 2.45) is 0 Å². The minimum Gasteiger partial charge on any atom is -0.496 e. The summed E-state index contributed by atoms with van der Waals surface area (Å²) in [5, 5.41) is 16.1. The van der Waals surface area contributed by atoms with Gasteiger partial charge in [-0.1, -0.05) is 0 Å². The number of methoxy groups -OCH3 is 1. The maximum Gasteiger partial charge on any atom is 0.126 e. The first kappa shape index (κ1) is 11.4. The predicted octanol–water partition coefficient (Wildman–Crippen LogP) is 2.16. The van der Waals surface area contributed by atoms with Crippen LogP contribution in [0, 0.1) is 0 Å². The average Bonchev–Trinajstić information content (AvgIpc) is 2.74.